The lowest BCUT2D eigenvalue weighted by Crippen LogP contribution is -2.07. The van der Waals surface area contributed by atoms with Crippen LogP contribution in [-0.2, 0) is 40.4 Å². The third-order valence-electron chi connectivity index (χ3n) is 3.47. The maximum Gasteiger partial charge on any atom is 0.302 e. The SMILES string of the molecule is CC(=O)OCc1ccc(CC(=O)Cc2ccc(CO)cc2)cc1. The summed E-state index contributed by atoms with van der Waals surface area (Å²) in [5, 5.41) is 9.00. The first-order valence-corrected chi connectivity index (χ1v) is 7.48. The second-order valence-electron chi connectivity index (χ2n) is 5.46. The minimum absolute atomic E-state index is 0.00785. The number of carbonyl (C=O) groups is 2. The van der Waals surface area contributed by atoms with Crippen LogP contribution >= 0.6 is 0 Å². The molecule has 0 amide bonds. The van der Waals surface area contributed by atoms with E-state index in [-0.39, 0.29) is 25.0 Å². The van der Waals surface area contributed by atoms with Crippen LogP contribution < -0.4 is 0 Å². The fraction of sp³-hybridized carbons (Fsp3) is 0.263. The van der Waals surface area contributed by atoms with E-state index in [4.69, 9.17) is 9.84 Å². The zero-order valence-corrected chi connectivity index (χ0v) is 13.1. The molecular formula is C19H20O4. The van der Waals surface area contributed by atoms with Crippen molar-refractivity contribution in [2.45, 2.75) is 33.0 Å². The molecule has 2 aromatic rings. The van der Waals surface area contributed by atoms with Crippen molar-refractivity contribution in [3.05, 3.63) is 70.8 Å². The average molecular weight is 312 g/mol. The van der Waals surface area contributed by atoms with Crippen LogP contribution in [0.1, 0.15) is 29.2 Å². The first-order valence-electron chi connectivity index (χ1n) is 7.48. The van der Waals surface area contributed by atoms with Gasteiger partial charge in [-0.05, 0) is 22.3 Å². The van der Waals surface area contributed by atoms with Gasteiger partial charge in [0, 0.05) is 19.8 Å². The number of aliphatic hydroxyl groups excluding tert-OH is 1. The highest BCUT2D eigenvalue weighted by atomic mass is 16.5. The van der Waals surface area contributed by atoms with Gasteiger partial charge in [-0.1, -0.05) is 48.5 Å². The standard InChI is InChI=1S/C19H20O4/c1-14(21)23-13-18-8-4-16(5-9-18)11-19(22)10-15-2-6-17(12-20)7-3-15/h2-9,20H,10-13H2,1H3. The van der Waals surface area contributed by atoms with Gasteiger partial charge in [-0.3, -0.25) is 9.59 Å². The van der Waals surface area contributed by atoms with Gasteiger partial charge in [-0.25, -0.2) is 0 Å². The molecule has 2 aromatic carbocycles. The molecule has 23 heavy (non-hydrogen) atoms. The number of Topliss-reactive ketones (excluding diaryl/α,β-unsaturated/α-hetero) is 1. The number of ether oxygens (including phenoxy) is 1. The summed E-state index contributed by atoms with van der Waals surface area (Å²) >= 11 is 0. The van der Waals surface area contributed by atoms with Crippen molar-refractivity contribution in [2.24, 2.45) is 0 Å². The molecule has 0 aliphatic rings. The molecule has 4 heteroatoms. The minimum atomic E-state index is -0.309. The van der Waals surface area contributed by atoms with E-state index in [1.54, 1.807) is 0 Å². The Bertz CT molecular complexity index is 657. The molecule has 0 fully saturated rings. The summed E-state index contributed by atoms with van der Waals surface area (Å²) in [5.41, 5.74) is 3.62. The van der Waals surface area contributed by atoms with Crippen molar-refractivity contribution in [1.82, 2.24) is 0 Å². The molecule has 0 atom stereocenters. The van der Waals surface area contributed by atoms with Gasteiger partial charge >= 0.3 is 5.97 Å². The van der Waals surface area contributed by atoms with E-state index in [1.807, 2.05) is 48.5 Å². The molecule has 1 N–H and O–H groups in total. The first-order chi connectivity index (χ1) is 11.1. The number of carbonyl (C=O) groups excluding carboxylic acids is 2. The fourth-order valence-electron chi connectivity index (χ4n) is 2.22. The summed E-state index contributed by atoms with van der Waals surface area (Å²) in [6.45, 7) is 1.63. The fourth-order valence-corrected chi connectivity index (χ4v) is 2.22. The Labute approximate surface area is 135 Å². The normalized spacial score (nSPS) is 10.3. The Morgan fingerprint density at radius 1 is 0.826 bits per heavy atom. The van der Waals surface area contributed by atoms with Crippen molar-refractivity contribution in [2.75, 3.05) is 0 Å². The van der Waals surface area contributed by atoms with E-state index < -0.39 is 0 Å². The number of rotatable bonds is 7. The summed E-state index contributed by atoms with van der Waals surface area (Å²) in [6, 6.07) is 14.9. The maximum atomic E-state index is 12.1. The molecule has 0 radical (unpaired) electrons. The molecule has 0 spiro atoms. The van der Waals surface area contributed by atoms with Crippen LogP contribution in [0, 0.1) is 0 Å². The third kappa shape index (κ3) is 5.68. The first kappa shape index (κ1) is 16.9. The van der Waals surface area contributed by atoms with E-state index in [0.717, 1.165) is 22.3 Å². The van der Waals surface area contributed by atoms with E-state index in [9.17, 15) is 9.59 Å². The molecule has 0 bridgehead atoms. The Kier molecular flexibility index (Phi) is 6.06. The number of esters is 1. The maximum absolute atomic E-state index is 12.1. The molecular weight excluding hydrogens is 292 g/mol. The molecule has 120 valence electrons. The minimum Gasteiger partial charge on any atom is -0.461 e. The molecule has 0 unspecified atom stereocenters. The highest BCUT2D eigenvalue weighted by Crippen LogP contribution is 2.10. The summed E-state index contributed by atoms with van der Waals surface area (Å²) in [6.07, 6.45) is 0.747. The van der Waals surface area contributed by atoms with Crippen molar-refractivity contribution in [3.63, 3.8) is 0 Å². The predicted octanol–water partition coefficient (Wildman–Crippen LogP) is 2.60. The van der Waals surface area contributed by atoms with Gasteiger partial charge < -0.3 is 9.84 Å². The van der Waals surface area contributed by atoms with Crippen LogP contribution in [0.15, 0.2) is 48.5 Å². The molecule has 0 aliphatic heterocycles. The Hall–Kier alpha value is -2.46. The van der Waals surface area contributed by atoms with Gasteiger partial charge in [0.2, 0.25) is 0 Å². The monoisotopic (exact) mass is 312 g/mol. The molecule has 2 rings (SSSR count). The third-order valence-corrected chi connectivity index (χ3v) is 3.47. The number of ketones is 1. The predicted molar refractivity (Wildman–Crippen MR) is 86.7 cm³/mol. The van der Waals surface area contributed by atoms with Crippen LogP contribution in [0.3, 0.4) is 0 Å². The van der Waals surface area contributed by atoms with Gasteiger partial charge in [0.15, 0.2) is 0 Å². The molecule has 0 aromatic heterocycles. The van der Waals surface area contributed by atoms with Crippen molar-refractivity contribution < 1.29 is 19.4 Å². The zero-order chi connectivity index (χ0) is 16.7. The average Bonchev–Trinajstić information content (AvgIpc) is 2.55. The van der Waals surface area contributed by atoms with Gasteiger partial charge in [0.25, 0.3) is 0 Å². The molecule has 0 saturated carbocycles. The van der Waals surface area contributed by atoms with E-state index in [0.29, 0.717) is 12.8 Å². The second-order valence-corrected chi connectivity index (χ2v) is 5.46. The summed E-state index contributed by atoms with van der Waals surface area (Å²) < 4.78 is 4.92. The van der Waals surface area contributed by atoms with Crippen molar-refractivity contribution in [1.29, 1.82) is 0 Å². The molecule has 0 heterocycles. The lowest BCUT2D eigenvalue weighted by molar-refractivity contribution is -0.142. The van der Waals surface area contributed by atoms with Gasteiger partial charge in [0.1, 0.15) is 12.4 Å². The second kappa shape index (κ2) is 8.25. The van der Waals surface area contributed by atoms with Gasteiger partial charge in [-0.2, -0.15) is 0 Å². The quantitative estimate of drug-likeness (QED) is 0.798. The Balaban J connectivity index is 1.87. The van der Waals surface area contributed by atoms with Crippen molar-refractivity contribution in [3.8, 4) is 0 Å². The van der Waals surface area contributed by atoms with Crippen LogP contribution in [0.25, 0.3) is 0 Å². The Morgan fingerprint density at radius 2 is 1.26 bits per heavy atom. The largest absolute Gasteiger partial charge is 0.461 e. The highest BCUT2D eigenvalue weighted by molar-refractivity contribution is 5.83. The van der Waals surface area contributed by atoms with Crippen LogP contribution in [0.5, 0.6) is 0 Å². The Morgan fingerprint density at radius 3 is 1.70 bits per heavy atom. The van der Waals surface area contributed by atoms with Crippen LogP contribution in [-0.4, -0.2) is 16.9 Å². The van der Waals surface area contributed by atoms with Crippen LogP contribution in [0.4, 0.5) is 0 Å². The highest BCUT2D eigenvalue weighted by Gasteiger charge is 2.06. The summed E-state index contributed by atoms with van der Waals surface area (Å²) in [4.78, 5) is 22.9. The van der Waals surface area contributed by atoms with E-state index in [2.05, 4.69) is 0 Å². The summed E-state index contributed by atoms with van der Waals surface area (Å²) in [5.74, 6) is -0.175. The number of aliphatic hydroxyl groups is 1. The van der Waals surface area contributed by atoms with Crippen molar-refractivity contribution >= 4 is 11.8 Å². The van der Waals surface area contributed by atoms with Crippen LogP contribution in [0.2, 0.25) is 0 Å². The number of hydrogen-bond acceptors (Lipinski definition) is 4. The lowest BCUT2D eigenvalue weighted by Gasteiger charge is -2.05. The molecule has 4 nitrogen and oxygen atoms in total. The number of benzene rings is 2. The van der Waals surface area contributed by atoms with Gasteiger partial charge in [0.05, 0.1) is 6.61 Å². The lowest BCUT2D eigenvalue weighted by atomic mass is 10.0. The van der Waals surface area contributed by atoms with E-state index in [1.165, 1.54) is 6.92 Å². The van der Waals surface area contributed by atoms with E-state index >= 15 is 0 Å². The molecule has 0 aliphatic carbocycles. The summed E-state index contributed by atoms with van der Waals surface area (Å²) in [7, 11) is 0. The topological polar surface area (TPSA) is 63.6 Å². The van der Waals surface area contributed by atoms with Gasteiger partial charge in [-0.15, -0.1) is 0 Å². The zero-order valence-electron chi connectivity index (χ0n) is 13.1. The number of hydrogen-bond donors (Lipinski definition) is 1. The smallest absolute Gasteiger partial charge is 0.302 e. The molecule has 0 saturated heterocycles.